The molecule has 6 N–H and O–H groups in total. The van der Waals surface area contributed by atoms with Gasteiger partial charge in [0.15, 0.2) is 11.9 Å². The van der Waals surface area contributed by atoms with Crippen molar-refractivity contribution in [3.05, 3.63) is 23.7 Å². The second kappa shape index (κ2) is 13.3. The van der Waals surface area contributed by atoms with Crippen LogP contribution in [0.5, 0.6) is 0 Å². The predicted octanol–water partition coefficient (Wildman–Crippen LogP) is 2.33. The zero-order valence-electron chi connectivity index (χ0n) is 34.2. The van der Waals surface area contributed by atoms with Gasteiger partial charge in [0.05, 0.1) is 42.0 Å². The minimum absolute atomic E-state index is 0.0450. The third-order valence-corrected chi connectivity index (χ3v) is 18.2. The normalized spacial score (nSPS) is 49.9. The van der Waals surface area contributed by atoms with Crippen LogP contribution in [-0.4, -0.2) is 113 Å². The molecule has 5 saturated heterocycles. The summed E-state index contributed by atoms with van der Waals surface area (Å²) in [5, 5.41) is 51.3. The van der Waals surface area contributed by atoms with Crippen LogP contribution in [0.15, 0.2) is 16.7 Å². The number of esters is 2. The number of furan rings is 1. The van der Waals surface area contributed by atoms with Crippen LogP contribution in [0.3, 0.4) is 0 Å². The Morgan fingerprint density at radius 3 is 2.43 bits per heavy atom. The van der Waals surface area contributed by atoms with Gasteiger partial charge in [-0.3, -0.25) is 9.59 Å². The van der Waals surface area contributed by atoms with Crippen molar-refractivity contribution in [2.24, 2.45) is 57.2 Å². The zero-order chi connectivity index (χ0) is 40.8. The van der Waals surface area contributed by atoms with E-state index in [1.807, 2.05) is 33.8 Å². The number of aliphatic hydroxyl groups excluding tert-OH is 4. The Morgan fingerprint density at radius 2 is 1.74 bits per heavy atom. The molecule has 9 aliphatic rings. The number of carbonyl (C=O) groups is 3. The van der Waals surface area contributed by atoms with Crippen LogP contribution in [0.2, 0.25) is 0 Å². The van der Waals surface area contributed by atoms with Crippen molar-refractivity contribution < 1.29 is 58.2 Å². The smallest absolute Gasteiger partial charge is 0.339 e. The predicted molar refractivity (Wildman–Crippen MR) is 203 cm³/mol. The molecule has 14 nitrogen and oxygen atoms in total. The second-order valence-electron chi connectivity index (χ2n) is 20.9. The summed E-state index contributed by atoms with van der Waals surface area (Å²) in [5.41, 5.74) is -5.96. The van der Waals surface area contributed by atoms with Gasteiger partial charge >= 0.3 is 11.9 Å². The molecule has 0 unspecified atom stereocenters. The topological polar surface area (TPSA) is 210 Å². The fourth-order valence-corrected chi connectivity index (χ4v) is 15.6. The molecule has 58 heavy (non-hydrogen) atoms. The van der Waals surface area contributed by atoms with E-state index in [4.69, 9.17) is 23.4 Å². The molecule has 6 heterocycles. The second-order valence-corrected chi connectivity index (χ2v) is 20.9. The van der Waals surface area contributed by atoms with Crippen molar-refractivity contribution in [3.8, 4) is 0 Å². The van der Waals surface area contributed by atoms with Gasteiger partial charge in [-0.15, -0.1) is 0 Å². The Balaban J connectivity index is 1.01. The van der Waals surface area contributed by atoms with Crippen LogP contribution in [0.25, 0.3) is 0 Å². The molecule has 0 amide bonds. The van der Waals surface area contributed by atoms with Gasteiger partial charge in [0.2, 0.25) is 0 Å². The fourth-order valence-electron chi connectivity index (χ4n) is 15.6. The maximum Gasteiger partial charge on any atom is 0.339 e. The van der Waals surface area contributed by atoms with Gasteiger partial charge in [-0.2, -0.15) is 0 Å². The number of carbonyl (C=O) groups excluding carboxylic acids is 3. The molecule has 0 bridgehead atoms. The van der Waals surface area contributed by atoms with Gasteiger partial charge in [-0.1, -0.05) is 13.8 Å². The number of ether oxygens (including phenoxy) is 4. The van der Waals surface area contributed by atoms with E-state index in [9.17, 15) is 30.0 Å². The van der Waals surface area contributed by atoms with E-state index in [0.29, 0.717) is 61.8 Å². The van der Waals surface area contributed by atoms with Crippen molar-refractivity contribution in [2.45, 2.75) is 140 Å². The molecule has 5 aliphatic heterocycles. The monoisotopic (exact) mass is 810 g/mol. The number of nitrogens with one attached hydrogen (secondary N) is 2. The number of fused-ring (bicyclic) bond motifs is 2. The van der Waals surface area contributed by atoms with Gasteiger partial charge < -0.3 is 54.4 Å². The Morgan fingerprint density at radius 1 is 0.966 bits per heavy atom. The average Bonchev–Trinajstić information content (AvgIpc) is 3.64. The first kappa shape index (κ1) is 39.7. The van der Waals surface area contributed by atoms with Gasteiger partial charge in [0.25, 0.3) is 0 Å². The molecule has 9 fully saturated rings. The van der Waals surface area contributed by atoms with E-state index < -0.39 is 81.2 Å². The molecule has 4 saturated carbocycles. The van der Waals surface area contributed by atoms with E-state index in [-0.39, 0.29) is 49.3 Å². The third-order valence-electron chi connectivity index (χ3n) is 18.2. The fraction of sp³-hybridized carbons (Fsp3) is 0.841. The number of cyclic esters (lactones) is 2. The Bertz CT molecular complexity index is 1840. The highest BCUT2D eigenvalue weighted by Crippen LogP contribution is 2.81. The number of ketones is 1. The van der Waals surface area contributed by atoms with Crippen LogP contribution < -0.4 is 10.6 Å². The summed E-state index contributed by atoms with van der Waals surface area (Å²) in [4.78, 5) is 43.2. The minimum atomic E-state index is -1.51. The van der Waals surface area contributed by atoms with E-state index in [2.05, 4.69) is 10.6 Å². The van der Waals surface area contributed by atoms with Crippen LogP contribution in [0.4, 0.5) is 0 Å². The molecule has 10 rings (SSSR count). The number of Topliss-reactive ketones (excluding diaryl/α,β-unsaturated/α-hetero) is 1. The SMILES string of the molecule is CC1(C)O[C@H]2[C@]3(CC[C@H](CO)C3)C(=O)OC[C@@]23[C@@H]1C(=O)[C@@H](O)[C@]1(C)[C@@H]3CC[C@@]2(C)[C@H](c3ccoc3C[C@@H](C3CCC([C@@H]4CNCN4)CC3)[C@H](O)CO)OC(=O)[C@H]3O[C@@]312. The Labute approximate surface area is 339 Å². The number of hydrogen-bond acceptors (Lipinski definition) is 14. The summed E-state index contributed by atoms with van der Waals surface area (Å²) >= 11 is 0. The van der Waals surface area contributed by atoms with Gasteiger partial charge in [-0.05, 0) is 107 Å². The summed E-state index contributed by atoms with van der Waals surface area (Å²) in [7, 11) is 0. The molecule has 3 spiro atoms. The summed E-state index contributed by atoms with van der Waals surface area (Å²) in [6.07, 6.45) is 3.28. The maximum atomic E-state index is 15.0. The Hall–Kier alpha value is -2.43. The number of hydrogen-bond donors (Lipinski definition) is 6. The summed E-state index contributed by atoms with van der Waals surface area (Å²) < 4.78 is 32.5. The molecule has 0 aromatic carbocycles. The van der Waals surface area contributed by atoms with Gasteiger partial charge in [-0.25, -0.2) is 4.79 Å². The lowest BCUT2D eigenvalue weighted by molar-refractivity contribution is -0.264. The van der Waals surface area contributed by atoms with Crippen molar-refractivity contribution in [1.82, 2.24) is 10.6 Å². The standard InChI is InChI=1S/C44H62N2O12/c1-39(2)32-31(50)33(51)41(4)30(43(32)20-55-38(53)42(37(43)58-39)13-9-22(16-42)18-47)10-12-40(3)34(56-36(52)35-44(40,41)57-35)25-11-14-54-29(25)15-26(28(49)19-48)23-5-7-24(8-6-23)27-17-45-21-46-27/h11,14,22-24,26-28,30,32-35,37,45-49,51H,5-10,12-13,15-21H2,1-4H3/t22-,23?,24?,26-,27-,28+,30-,32+,33+,34-,35+,37-,40-,41-,42+,43+,44+/m0/s1. The molecule has 1 aromatic heterocycles. The molecule has 320 valence electrons. The first-order chi connectivity index (χ1) is 27.6. The van der Waals surface area contributed by atoms with Crippen molar-refractivity contribution in [2.75, 3.05) is 33.0 Å². The molecule has 14 heteroatoms. The highest BCUT2D eigenvalue weighted by Gasteiger charge is 2.91. The molecular weight excluding hydrogens is 748 g/mol. The zero-order valence-corrected chi connectivity index (χ0v) is 34.2. The molecule has 1 aromatic rings. The van der Waals surface area contributed by atoms with Gasteiger partial charge in [0, 0.05) is 54.1 Å². The third kappa shape index (κ3) is 4.91. The van der Waals surface area contributed by atoms with Crippen LogP contribution in [0, 0.1) is 57.2 Å². The largest absolute Gasteiger partial charge is 0.469 e. The van der Waals surface area contributed by atoms with Crippen LogP contribution >= 0.6 is 0 Å². The molecular formula is C44H62N2O12. The van der Waals surface area contributed by atoms with E-state index in [0.717, 1.165) is 38.9 Å². The van der Waals surface area contributed by atoms with Gasteiger partial charge in [0.1, 0.15) is 30.2 Å². The van der Waals surface area contributed by atoms with E-state index in [1.54, 1.807) is 6.26 Å². The average molecular weight is 811 g/mol. The highest BCUT2D eigenvalue weighted by molar-refractivity contribution is 5.92. The van der Waals surface area contributed by atoms with Crippen molar-refractivity contribution >= 4 is 17.7 Å². The summed E-state index contributed by atoms with van der Waals surface area (Å²) in [6.45, 7) is 8.96. The van der Waals surface area contributed by atoms with Crippen molar-refractivity contribution in [1.29, 1.82) is 0 Å². The van der Waals surface area contributed by atoms with E-state index in [1.165, 1.54) is 0 Å². The molecule has 0 radical (unpaired) electrons. The molecule has 15 atom stereocenters. The van der Waals surface area contributed by atoms with Crippen molar-refractivity contribution in [3.63, 3.8) is 0 Å². The number of rotatable bonds is 8. The highest BCUT2D eigenvalue weighted by atomic mass is 16.7. The first-order valence-electron chi connectivity index (χ1n) is 22.0. The Kier molecular flexibility index (Phi) is 9.09. The molecule has 4 aliphatic carbocycles. The quantitative estimate of drug-likeness (QED) is 0.165. The lowest BCUT2D eigenvalue weighted by Gasteiger charge is -2.67. The lowest BCUT2D eigenvalue weighted by atomic mass is 9.35. The summed E-state index contributed by atoms with van der Waals surface area (Å²) in [6, 6.07) is 2.26. The van der Waals surface area contributed by atoms with Crippen LogP contribution in [0.1, 0.15) is 103 Å². The number of aliphatic hydroxyl groups is 4. The maximum absolute atomic E-state index is 15.0. The number of epoxide rings is 1. The minimum Gasteiger partial charge on any atom is -0.469 e. The lowest BCUT2D eigenvalue weighted by Crippen LogP contribution is -2.77. The first-order valence-corrected chi connectivity index (χ1v) is 22.0. The van der Waals surface area contributed by atoms with E-state index >= 15 is 4.79 Å². The van der Waals surface area contributed by atoms with Crippen LogP contribution in [-0.2, 0) is 39.8 Å². The summed E-state index contributed by atoms with van der Waals surface area (Å²) in [5.74, 6) is -1.64.